The number of aliphatic hydroxyl groups is 1. The number of aliphatic hydroxyl groups excluding tert-OH is 1. The third-order valence-electron chi connectivity index (χ3n) is 2.57. The first kappa shape index (κ1) is 11.1. The van der Waals surface area contributed by atoms with Crippen LogP contribution in [0.3, 0.4) is 0 Å². The number of benzene rings is 1. The molecule has 3 nitrogen and oxygen atoms in total. The van der Waals surface area contributed by atoms with E-state index >= 15 is 0 Å². The molecule has 3 heteroatoms. The molecule has 2 aromatic rings. The van der Waals surface area contributed by atoms with Crippen LogP contribution in [0.4, 0.5) is 0 Å². The number of carbonyl (C=O) groups excluding carboxylic acids is 1. The Morgan fingerprint density at radius 3 is 2.59 bits per heavy atom. The summed E-state index contributed by atoms with van der Waals surface area (Å²) in [6.45, 7) is 7.08. The number of rotatable bonds is 3. The van der Waals surface area contributed by atoms with Crippen LogP contribution in [-0.4, -0.2) is 16.4 Å². The minimum absolute atomic E-state index is 0.172. The van der Waals surface area contributed by atoms with Crippen LogP contribution < -0.4 is 0 Å². The molecule has 2 rings (SSSR count). The molecular formula is C14H11NO2. The van der Waals surface area contributed by atoms with Crippen molar-refractivity contribution < 1.29 is 9.90 Å². The van der Waals surface area contributed by atoms with Crippen molar-refractivity contribution >= 4 is 29.0 Å². The normalized spacial score (nSPS) is 10.1. The number of hydrogen-bond donors (Lipinski definition) is 1. The van der Waals surface area contributed by atoms with Gasteiger partial charge in [-0.2, -0.15) is 0 Å². The smallest absolute Gasteiger partial charge is 0.151 e. The monoisotopic (exact) mass is 225 g/mol. The van der Waals surface area contributed by atoms with Gasteiger partial charge in [-0.3, -0.25) is 4.79 Å². The van der Waals surface area contributed by atoms with E-state index in [-0.39, 0.29) is 5.76 Å². The predicted octanol–water partition coefficient (Wildman–Crippen LogP) is 3.22. The zero-order valence-electron chi connectivity index (χ0n) is 9.18. The number of para-hydroxylation sites is 1. The van der Waals surface area contributed by atoms with Gasteiger partial charge in [-0.05, 0) is 6.07 Å². The Morgan fingerprint density at radius 1 is 1.29 bits per heavy atom. The summed E-state index contributed by atoms with van der Waals surface area (Å²) in [6.07, 6.45) is 2.24. The molecule has 0 aliphatic carbocycles. The molecule has 1 heterocycles. The molecule has 0 spiro atoms. The zero-order valence-corrected chi connectivity index (χ0v) is 9.18. The first-order chi connectivity index (χ1) is 8.19. The summed E-state index contributed by atoms with van der Waals surface area (Å²) in [5.41, 5.74) is 1.91. The predicted molar refractivity (Wildman–Crippen MR) is 68.9 cm³/mol. The molecule has 0 unspecified atom stereocenters. The molecule has 0 fully saturated rings. The molecule has 1 aromatic carbocycles. The second-order valence-electron chi connectivity index (χ2n) is 3.57. The van der Waals surface area contributed by atoms with Crippen LogP contribution in [0, 0.1) is 0 Å². The highest BCUT2D eigenvalue weighted by Gasteiger charge is 2.13. The minimum Gasteiger partial charge on any atom is -0.506 e. The number of aromatic nitrogens is 1. The minimum atomic E-state index is -0.172. The molecule has 1 N–H and O–H groups in total. The zero-order chi connectivity index (χ0) is 12.4. The van der Waals surface area contributed by atoms with Crippen LogP contribution in [0.1, 0.15) is 21.6 Å². The summed E-state index contributed by atoms with van der Waals surface area (Å²) in [6, 6.07) is 7.24. The maximum atomic E-state index is 11.2. The molecule has 0 saturated carbocycles. The molecule has 0 bridgehead atoms. The van der Waals surface area contributed by atoms with Gasteiger partial charge in [0.25, 0.3) is 0 Å². The van der Waals surface area contributed by atoms with Crippen molar-refractivity contribution in [1.29, 1.82) is 0 Å². The van der Waals surface area contributed by atoms with E-state index in [0.29, 0.717) is 22.3 Å². The molecule has 1 aromatic heterocycles. The number of pyridine rings is 1. The second-order valence-corrected chi connectivity index (χ2v) is 3.57. The molecule has 0 atom stereocenters. The van der Waals surface area contributed by atoms with Crippen molar-refractivity contribution in [1.82, 2.24) is 4.98 Å². The molecule has 84 valence electrons. The number of fused-ring (bicyclic) bond motifs is 1. The Hall–Kier alpha value is -2.42. The SMILES string of the molecule is C=Cc1c(C(=C)O)nc2ccccc2c1C=O. The summed E-state index contributed by atoms with van der Waals surface area (Å²) in [4.78, 5) is 15.5. The molecule has 0 radical (unpaired) electrons. The van der Waals surface area contributed by atoms with Gasteiger partial charge in [-0.15, -0.1) is 0 Å². The highest BCUT2D eigenvalue weighted by atomic mass is 16.3. The highest BCUT2D eigenvalue weighted by molar-refractivity contribution is 6.01. The number of aldehydes is 1. The van der Waals surface area contributed by atoms with Crippen molar-refractivity contribution in [2.75, 3.05) is 0 Å². The van der Waals surface area contributed by atoms with Crippen molar-refractivity contribution in [2.45, 2.75) is 0 Å². The third kappa shape index (κ3) is 1.72. The van der Waals surface area contributed by atoms with E-state index in [2.05, 4.69) is 18.1 Å². The number of carbonyl (C=O) groups is 1. The lowest BCUT2D eigenvalue weighted by Crippen LogP contribution is -1.99. The maximum Gasteiger partial charge on any atom is 0.151 e. The van der Waals surface area contributed by atoms with E-state index in [0.717, 1.165) is 11.7 Å². The van der Waals surface area contributed by atoms with E-state index in [1.165, 1.54) is 6.08 Å². The topological polar surface area (TPSA) is 50.2 Å². The average molecular weight is 225 g/mol. The van der Waals surface area contributed by atoms with Crippen LogP contribution in [0.2, 0.25) is 0 Å². The fraction of sp³-hybridized carbons (Fsp3) is 0. The number of hydrogen-bond acceptors (Lipinski definition) is 3. The lowest BCUT2D eigenvalue weighted by atomic mass is 10.0. The van der Waals surface area contributed by atoms with E-state index < -0.39 is 0 Å². The number of nitrogens with zero attached hydrogens (tertiary/aromatic N) is 1. The van der Waals surface area contributed by atoms with Crippen LogP contribution >= 0.6 is 0 Å². The van der Waals surface area contributed by atoms with E-state index in [4.69, 9.17) is 0 Å². The molecule has 0 amide bonds. The van der Waals surface area contributed by atoms with Crippen LogP contribution in [0.25, 0.3) is 22.7 Å². The molecule has 17 heavy (non-hydrogen) atoms. The Morgan fingerprint density at radius 2 is 2.00 bits per heavy atom. The average Bonchev–Trinajstić information content (AvgIpc) is 2.36. The Labute approximate surface area is 98.7 Å². The van der Waals surface area contributed by atoms with Crippen molar-refractivity contribution in [3.8, 4) is 0 Å². The van der Waals surface area contributed by atoms with Gasteiger partial charge in [0.15, 0.2) is 6.29 Å². The summed E-state index contributed by atoms with van der Waals surface area (Å²) in [7, 11) is 0. The van der Waals surface area contributed by atoms with Crippen molar-refractivity contribution in [3.63, 3.8) is 0 Å². The van der Waals surface area contributed by atoms with Gasteiger partial charge < -0.3 is 5.11 Å². The van der Waals surface area contributed by atoms with Gasteiger partial charge in [-0.1, -0.05) is 37.4 Å². The van der Waals surface area contributed by atoms with Crippen LogP contribution in [0.15, 0.2) is 37.4 Å². The van der Waals surface area contributed by atoms with Gasteiger partial charge in [0, 0.05) is 16.5 Å². The highest BCUT2D eigenvalue weighted by Crippen LogP contribution is 2.25. The molecule has 0 saturated heterocycles. The Kier molecular flexibility index (Phi) is 2.75. The van der Waals surface area contributed by atoms with Gasteiger partial charge in [-0.25, -0.2) is 4.98 Å². The lowest BCUT2D eigenvalue weighted by Gasteiger charge is -2.09. The van der Waals surface area contributed by atoms with E-state index in [1.807, 2.05) is 18.2 Å². The summed E-state index contributed by atoms with van der Waals surface area (Å²) in [5, 5.41) is 10.2. The second kappa shape index (κ2) is 4.22. The lowest BCUT2D eigenvalue weighted by molar-refractivity contribution is 0.112. The van der Waals surface area contributed by atoms with E-state index in [1.54, 1.807) is 6.07 Å². The molecule has 0 aliphatic heterocycles. The van der Waals surface area contributed by atoms with Gasteiger partial charge >= 0.3 is 0 Å². The summed E-state index contributed by atoms with van der Waals surface area (Å²) in [5.74, 6) is -0.172. The quantitative estimate of drug-likeness (QED) is 0.644. The van der Waals surface area contributed by atoms with Crippen LogP contribution in [-0.2, 0) is 0 Å². The van der Waals surface area contributed by atoms with Gasteiger partial charge in [0.1, 0.15) is 11.5 Å². The largest absolute Gasteiger partial charge is 0.506 e. The van der Waals surface area contributed by atoms with Crippen molar-refractivity contribution in [3.05, 3.63) is 54.2 Å². The maximum absolute atomic E-state index is 11.2. The fourth-order valence-corrected chi connectivity index (χ4v) is 1.81. The fourth-order valence-electron chi connectivity index (χ4n) is 1.81. The summed E-state index contributed by atoms with van der Waals surface area (Å²) < 4.78 is 0. The first-order valence-corrected chi connectivity index (χ1v) is 5.07. The summed E-state index contributed by atoms with van der Waals surface area (Å²) >= 11 is 0. The third-order valence-corrected chi connectivity index (χ3v) is 2.57. The Bertz CT molecular complexity index is 629. The first-order valence-electron chi connectivity index (χ1n) is 5.07. The Balaban J connectivity index is 2.98. The standard InChI is InChI=1S/C14H11NO2/c1-3-10-12(8-16)11-6-4-5-7-13(11)15-14(10)9(2)17/h3-8,17H,1-2H2. The van der Waals surface area contributed by atoms with Gasteiger partial charge in [0.05, 0.1) is 5.52 Å². The molecular weight excluding hydrogens is 214 g/mol. The van der Waals surface area contributed by atoms with Gasteiger partial charge in [0.2, 0.25) is 0 Å². The van der Waals surface area contributed by atoms with Crippen LogP contribution in [0.5, 0.6) is 0 Å². The van der Waals surface area contributed by atoms with Crippen molar-refractivity contribution in [2.24, 2.45) is 0 Å². The molecule has 0 aliphatic rings. The van der Waals surface area contributed by atoms with E-state index in [9.17, 15) is 9.90 Å².